The van der Waals surface area contributed by atoms with Crippen LogP contribution < -0.4 is 15.5 Å². The summed E-state index contributed by atoms with van der Waals surface area (Å²) in [6.45, 7) is 5.82. The molecule has 0 spiro atoms. The first kappa shape index (κ1) is 23.4. The molecule has 182 valence electrons. The number of hydrogen-bond donors (Lipinski definition) is 2. The zero-order chi connectivity index (χ0) is 24.9. The summed E-state index contributed by atoms with van der Waals surface area (Å²) in [5, 5.41) is 7.01. The molecular weight excluding hydrogens is 452 g/mol. The van der Waals surface area contributed by atoms with Crippen LogP contribution in [0.3, 0.4) is 0 Å². The maximum absolute atomic E-state index is 12.0. The van der Waals surface area contributed by atoms with Crippen molar-refractivity contribution in [3.63, 3.8) is 0 Å². The Labute approximate surface area is 209 Å². The van der Waals surface area contributed by atoms with Crippen LogP contribution in [0.15, 0.2) is 73.2 Å². The van der Waals surface area contributed by atoms with E-state index >= 15 is 0 Å². The molecule has 1 fully saturated rings. The Balaban J connectivity index is 1.38. The van der Waals surface area contributed by atoms with Gasteiger partial charge < -0.3 is 20.4 Å². The lowest BCUT2D eigenvalue weighted by Crippen LogP contribution is -2.44. The summed E-state index contributed by atoms with van der Waals surface area (Å²) < 4.78 is 0. The van der Waals surface area contributed by atoms with E-state index in [4.69, 9.17) is 4.98 Å². The van der Waals surface area contributed by atoms with Crippen LogP contribution >= 0.6 is 0 Å². The van der Waals surface area contributed by atoms with E-state index in [1.165, 1.54) is 6.08 Å². The fourth-order valence-corrected chi connectivity index (χ4v) is 4.13. The largest absolute Gasteiger partial charge is 0.354 e. The molecular formula is C27H28N8O. The van der Waals surface area contributed by atoms with Gasteiger partial charge >= 0.3 is 0 Å². The molecule has 1 aromatic carbocycles. The molecule has 0 saturated carbocycles. The second kappa shape index (κ2) is 10.5. The average Bonchev–Trinajstić information content (AvgIpc) is 2.89. The fourth-order valence-electron chi connectivity index (χ4n) is 4.13. The molecule has 4 heterocycles. The Morgan fingerprint density at radius 1 is 0.972 bits per heavy atom. The number of nitrogens with zero attached hydrogens (tertiary/aromatic N) is 6. The lowest BCUT2D eigenvalue weighted by molar-refractivity contribution is -0.111. The lowest BCUT2D eigenvalue weighted by Gasteiger charge is -2.33. The highest BCUT2D eigenvalue weighted by atomic mass is 16.1. The summed E-state index contributed by atoms with van der Waals surface area (Å²) in [5.41, 5.74) is 3.81. The molecule has 36 heavy (non-hydrogen) atoms. The van der Waals surface area contributed by atoms with E-state index in [9.17, 15) is 4.79 Å². The van der Waals surface area contributed by atoms with E-state index in [2.05, 4.69) is 42.4 Å². The average molecular weight is 481 g/mol. The van der Waals surface area contributed by atoms with Gasteiger partial charge in [-0.05, 0) is 44.3 Å². The smallest absolute Gasteiger partial charge is 0.248 e. The minimum absolute atomic E-state index is 0.186. The monoisotopic (exact) mass is 480 g/mol. The topological polar surface area (TPSA) is 99.2 Å². The number of carbonyl (C=O) groups excluding carboxylic acids is 1. The van der Waals surface area contributed by atoms with E-state index in [-0.39, 0.29) is 5.91 Å². The number of para-hydroxylation sites is 1. The van der Waals surface area contributed by atoms with Crippen LogP contribution in [0.25, 0.3) is 22.2 Å². The third kappa shape index (κ3) is 5.31. The molecule has 2 N–H and O–H groups in total. The summed E-state index contributed by atoms with van der Waals surface area (Å²) in [6.07, 6.45) is 8.45. The molecule has 1 aliphatic rings. The number of aromatic nitrogens is 4. The van der Waals surface area contributed by atoms with E-state index in [1.807, 2.05) is 42.6 Å². The fraction of sp³-hybridized carbons (Fsp3) is 0.222. The van der Waals surface area contributed by atoms with Crippen molar-refractivity contribution in [2.45, 2.75) is 6.92 Å². The molecule has 1 aliphatic heterocycles. The lowest BCUT2D eigenvalue weighted by atomic mass is 10.1. The number of benzene rings is 1. The van der Waals surface area contributed by atoms with E-state index in [0.29, 0.717) is 17.3 Å². The number of hydrogen-bond acceptors (Lipinski definition) is 8. The van der Waals surface area contributed by atoms with Crippen molar-refractivity contribution in [2.24, 2.45) is 0 Å². The predicted molar refractivity (Wildman–Crippen MR) is 143 cm³/mol. The number of rotatable bonds is 6. The maximum Gasteiger partial charge on any atom is 0.248 e. The van der Waals surface area contributed by atoms with Crippen LogP contribution in [0.4, 0.5) is 23.1 Å². The molecule has 9 heteroatoms. The van der Waals surface area contributed by atoms with Crippen LogP contribution in [-0.4, -0.2) is 64.0 Å². The molecule has 0 atom stereocenters. The van der Waals surface area contributed by atoms with Gasteiger partial charge in [0, 0.05) is 55.2 Å². The van der Waals surface area contributed by atoms with Gasteiger partial charge in [-0.2, -0.15) is 0 Å². The molecule has 5 rings (SSSR count). The first-order valence-corrected chi connectivity index (χ1v) is 11.9. The van der Waals surface area contributed by atoms with E-state index in [1.54, 1.807) is 31.5 Å². The molecule has 0 aliphatic carbocycles. The molecule has 1 saturated heterocycles. The molecule has 3 aromatic heterocycles. The quantitative estimate of drug-likeness (QED) is 0.398. The van der Waals surface area contributed by atoms with E-state index in [0.717, 1.165) is 54.2 Å². The second-order valence-electron chi connectivity index (χ2n) is 8.68. The van der Waals surface area contributed by atoms with Crippen molar-refractivity contribution in [3.05, 3.63) is 73.2 Å². The van der Waals surface area contributed by atoms with Gasteiger partial charge in [0.15, 0.2) is 0 Å². The number of fused-ring (bicyclic) bond motifs is 1. The summed E-state index contributed by atoms with van der Waals surface area (Å²) in [5.74, 6) is 1.26. The van der Waals surface area contributed by atoms with Crippen LogP contribution in [0, 0.1) is 0 Å². The zero-order valence-electron chi connectivity index (χ0n) is 20.3. The highest BCUT2D eigenvalue weighted by Crippen LogP contribution is 2.28. The summed E-state index contributed by atoms with van der Waals surface area (Å²) >= 11 is 0. The number of likely N-dealkylation sites (N-methyl/N-ethyl adjacent to an activating group) is 1. The van der Waals surface area contributed by atoms with Crippen molar-refractivity contribution in [1.29, 1.82) is 0 Å². The van der Waals surface area contributed by atoms with Crippen LogP contribution in [0.1, 0.15) is 6.92 Å². The van der Waals surface area contributed by atoms with E-state index < -0.39 is 0 Å². The Morgan fingerprint density at radius 3 is 2.61 bits per heavy atom. The van der Waals surface area contributed by atoms with Gasteiger partial charge in [-0.15, -0.1) is 0 Å². The van der Waals surface area contributed by atoms with Crippen molar-refractivity contribution in [3.8, 4) is 11.3 Å². The number of amides is 1. The minimum Gasteiger partial charge on any atom is -0.354 e. The van der Waals surface area contributed by atoms with Crippen LogP contribution in [0.5, 0.6) is 0 Å². The summed E-state index contributed by atoms with van der Waals surface area (Å²) in [7, 11) is 2.14. The molecule has 0 radical (unpaired) electrons. The Kier molecular flexibility index (Phi) is 6.81. The minimum atomic E-state index is -0.186. The molecule has 9 nitrogen and oxygen atoms in total. The number of piperazine rings is 1. The highest BCUT2D eigenvalue weighted by molar-refractivity contribution is 6.00. The second-order valence-corrected chi connectivity index (χ2v) is 8.68. The van der Waals surface area contributed by atoms with Gasteiger partial charge in [-0.3, -0.25) is 9.78 Å². The summed E-state index contributed by atoms with van der Waals surface area (Å²) in [6, 6.07) is 13.5. The normalized spacial score (nSPS) is 14.3. The predicted octanol–water partition coefficient (Wildman–Crippen LogP) is 4.10. The Morgan fingerprint density at radius 2 is 1.83 bits per heavy atom. The number of allylic oxidation sites excluding steroid dienone is 1. The number of nitrogens with one attached hydrogen (secondary N) is 2. The zero-order valence-corrected chi connectivity index (χ0v) is 20.3. The van der Waals surface area contributed by atoms with Gasteiger partial charge in [0.2, 0.25) is 11.9 Å². The molecule has 4 aromatic rings. The first-order valence-electron chi connectivity index (χ1n) is 11.9. The Bertz CT molecular complexity index is 1390. The molecule has 0 bridgehead atoms. The van der Waals surface area contributed by atoms with Crippen molar-refractivity contribution < 1.29 is 4.79 Å². The molecule has 1 amide bonds. The third-order valence-electron chi connectivity index (χ3n) is 6.06. The summed E-state index contributed by atoms with van der Waals surface area (Å²) in [4.78, 5) is 35.0. The SMILES string of the molecule is CC=CC(=O)Nc1ccnc(-c2cccc3cnc(Nc4ccc(N5CCN(C)CC5)nc4)nc23)c1. The van der Waals surface area contributed by atoms with Gasteiger partial charge in [0.25, 0.3) is 0 Å². The van der Waals surface area contributed by atoms with Crippen LogP contribution in [0.2, 0.25) is 0 Å². The van der Waals surface area contributed by atoms with Crippen molar-refractivity contribution >= 4 is 40.0 Å². The standard InChI is InChI=1S/C27H28N8O/c1-3-5-25(36)31-20-10-11-28-23(16-20)22-7-4-6-19-17-30-27(33-26(19)22)32-21-8-9-24(29-18-21)35-14-12-34(2)13-15-35/h3-11,16-18H,12-15H2,1-2H3,(H,28,31,36)(H,30,32,33). The number of anilines is 4. The van der Waals surface area contributed by atoms with Gasteiger partial charge in [0.05, 0.1) is 23.1 Å². The maximum atomic E-state index is 12.0. The van der Waals surface area contributed by atoms with Crippen LogP contribution in [-0.2, 0) is 4.79 Å². The Hall–Kier alpha value is -4.37. The molecule has 0 unspecified atom stereocenters. The van der Waals surface area contributed by atoms with Gasteiger partial charge in [-0.25, -0.2) is 15.0 Å². The number of pyridine rings is 2. The van der Waals surface area contributed by atoms with Gasteiger partial charge in [0.1, 0.15) is 5.82 Å². The van der Waals surface area contributed by atoms with Crippen molar-refractivity contribution in [2.75, 3.05) is 48.8 Å². The number of carbonyl (C=O) groups is 1. The van der Waals surface area contributed by atoms with Crippen molar-refractivity contribution in [1.82, 2.24) is 24.8 Å². The highest BCUT2D eigenvalue weighted by Gasteiger charge is 2.15. The third-order valence-corrected chi connectivity index (χ3v) is 6.06. The van der Waals surface area contributed by atoms with Gasteiger partial charge in [-0.1, -0.05) is 24.3 Å². The first-order chi connectivity index (χ1) is 17.6.